The Kier molecular flexibility index (Phi) is 3.92. The van der Waals surface area contributed by atoms with E-state index < -0.39 is 0 Å². The van der Waals surface area contributed by atoms with Crippen molar-refractivity contribution >= 4 is 5.69 Å². The zero-order valence-electron chi connectivity index (χ0n) is 11.5. The third-order valence-corrected chi connectivity index (χ3v) is 3.77. The Morgan fingerprint density at radius 2 is 1.80 bits per heavy atom. The van der Waals surface area contributed by atoms with Crippen molar-refractivity contribution in [1.29, 1.82) is 0 Å². The number of nitrogens with zero attached hydrogens (tertiary/aromatic N) is 2. The van der Waals surface area contributed by atoms with Crippen LogP contribution in [-0.4, -0.2) is 22.1 Å². The Hall–Kier alpha value is -1.94. The molecule has 2 unspecified atom stereocenters. The predicted octanol–water partition coefficient (Wildman–Crippen LogP) is 2.83. The fourth-order valence-electron chi connectivity index (χ4n) is 2.73. The molecule has 3 N–H and O–H groups in total. The van der Waals surface area contributed by atoms with Gasteiger partial charge in [-0.15, -0.1) is 0 Å². The fourth-order valence-corrected chi connectivity index (χ4v) is 2.73. The molecule has 4 nitrogen and oxygen atoms in total. The van der Waals surface area contributed by atoms with E-state index in [9.17, 15) is 0 Å². The van der Waals surface area contributed by atoms with Crippen molar-refractivity contribution in [3.05, 3.63) is 42.7 Å². The molecular weight excluding hydrogens is 248 g/mol. The van der Waals surface area contributed by atoms with Crippen LogP contribution in [-0.2, 0) is 0 Å². The number of hydrogen-bond acceptors (Lipinski definition) is 4. The van der Waals surface area contributed by atoms with Gasteiger partial charge in [-0.25, -0.2) is 9.97 Å². The third kappa shape index (κ3) is 3.14. The van der Waals surface area contributed by atoms with Gasteiger partial charge in [-0.3, -0.25) is 0 Å². The van der Waals surface area contributed by atoms with Crippen LogP contribution in [0.15, 0.2) is 42.7 Å². The molecule has 0 aliphatic heterocycles. The molecule has 0 saturated heterocycles. The number of rotatable bonds is 3. The number of anilines is 1. The molecule has 0 amide bonds. The Bertz CT molecular complexity index is 538. The van der Waals surface area contributed by atoms with E-state index in [0.29, 0.717) is 12.1 Å². The third-order valence-electron chi connectivity index (χ3n) is 3.77. The van der Waals surface area contributed by atoms with E-state index in [2.05, 4.69) is 15.3 Å². The van der Waals surface area contributed by atoms with Crippen LogP contribution in [0.4, 0.5) is 5.69 Å². The van der Waals surface area contributed by atoms with Crippen molar-refractivity contribution in [2.45, 2.75) is 37.8 Å². The first kappa shape index (κ1) is 13.1. The highest BCUT2D eigenvalue weighted by Gasteiger charge is 2.18. The van der Waals surface area contributed by atoms with E-state index in [1.165, 1.54) is 12.8 Å². The van der Waals surface area contributed by atoms with Gasteiger partial charge in [0.25, 0.3) is 0 Å². The molecule has 1 aliphatic carbocycles. The minimum atomic E-state index is 0.325. The quantitative estimate of drug-likeness (QED) is 0.898. The first-order valence-electron chi connectivity index (χ1n) is 7.21. The summed E-state index contributed by atoms with van der Waals surface area (Å²) in [5, 5.41) is 3.48. The second-order valence-corrected chi connectivity index (χ2v) is 5.43. The maximum atomic E-state index is 6.01. The van der Waals surface area contributed by atoms with Crippen LogP contribution in [0.25, 0.3) is 11.4 Å². The van der Waals surface area contributed by atoms with Gasteiger partial charge in [0, 0.05) is 17.6 Å². The highest BCUT2D eigenvalue weighted by molar-refractivity contribution is 5.55. The van der Waals surface area contributed by atoms with Gasteiger partial charge in [-0.2, -0.15) is 0 Å². The Morgan fingerprint density at radius 3 is 2.50 bits per heavy atom. The Morgan fingerprint density at radius 1 is 1.05 bits per heavy atom. The van der Waals surface area contributed by atoms with Gasteiger partial charge in [-0.1, -0.05) is 30.3 Å². The van der Waals surface area contributed by atoms with Crippen molar-refractivity contribution in [1.82, 2.24) is 9.97 Å². The van der Waals surface area contributed by atoms with Crippen LogP contribution < -0.4 is 11.1 Å². The lowest BCUT2D eigenvalue weighted by atomic mass is 9.91. The summed E-state index contributed by atoms with van der Waals surface area (Å²) in [6, 6.07) is 10.8. The second kappa shape index (κ2) is 6.01. The highest BCUT2D eigenvalue weighted by atomic mass is 15.0. The van der Waals surface area contributed by atoms with Crippen LogP contribution in [0.2, 0.25) is 0 Å². The maximum absolute atomic E-state index is 6.01. The highest BCUT2D eigenvalue weighted by Crippen LogP contribution is 2.21. The summed E-state index contributed by atoms with van der Waals surface area (Å²) in [5.74, 6) is 0.761. The molecule has 2 atom stereocenters. The predicted molar refractivity (Wildman–Crippen MR) is 81.3 cm³/mol. The molecule has 1 heterocycles. The zero-order valence-corrected chi connectivity index (χ0v) is 11.5. The molecule has 1 saturated carbocycles. The zero-order chi connectivity index (χ0) is 13.8. The smallest absolute Gasteiger partial charge is 0.159 e. The summed E-state index contributed by atoms with van der Waals surface area (Å²) in [5.41, 5.74) is 8.02. The maximum Gasteiger partial charge on any atom is 0.159 e. The molecule has 0 spiro atoms. The summed E-state index contributed by atoms with van der Waals surface area (Å²) in [6.45, 7) is 0. The van der Waals surface area contributed by atoms with Crippen LogP contribution >= 0.6 is 0 Å². The second-order valence-electron chi connectivity index (χ2n) is 5.43. The van der Waals surface area contributed by atoms with Gasteiger partial charge in [0.1, 0.15) is 0 Å². The number of hydrogen-bond donors (Lipinski definition) is 2. The normalized spacial score (nSPS) is 22.4. The summed E-state index contributed by atoms with van der Waals surface area (Å²) >= 11 is 0. The summed E-state index contributed by atoms with van der Waals surface area (Å²) in [7, 11) is 0. The van der Waals surface area contributed by atoms with Crippen LogP contribution in [0.1, 0.15) is 25.7 Å². The molecule has 1 aromatic carbocycles. The van der Waals surface area contributed by atoms with Crippen LogP contribution in [0.3, 0.4) is 0 Å². The molecule has 20 heavy (non-hydrogen) atoms. The van der Waals surface area contributed by atoms with E-state index in [1.54, 1.807) is 0 Å². The first-order valence-corrected chi connectivity index (χ1v) is 7.21. The van der Waals surface area contributed by atoms with E-state index >= 15 is 0 Å². The van der Waals surface area contributed by atoms with Crippen LogP contribution in [0, 0.1) is 0 Å². The van der Waals surface area contributed by atoms with Crippen molar-refractivity contribution in [2.24, 2.45) is 5.73 Å². The standard InChI is InChI=1S/C16H20N4/c17-13-7-4-8-14(9-13)20-15-10-18-16(19-11-15)12-5-2-1-3-6-12/h1-3,5-6,10-11,13-14,20H,4,7-9,17H2. The number of benzene rings is 1. The molecule has 104 valence electrons. The molecule has 0 radical (unpaired) electrons. The average Bonchev–Trinajstić information content (AvgIpc) is 2.49. The lowest BCUT2D eigenvalue weighted by Crippen LogP contribution is -2.34. The van der Waals surface area contributed by atoms with E-state index in [-0.39, 0.29) is 0 Å². The lowest BCUT2D eigenvalue weighted by molar-refractivity contribution is 0.409. The molecule has 2 aromatic rings. The van der Waals surface area contributed by atoms with Gasteiger partial charge in [-0.05, 0) is 25.7 Å². The Balaban J connectivity index is 1.67. The van der Waals surface area contributed by atoms with Gasteiger partial charge >= 0.3 is 0 Å². The SMILES string of the molecule is NC1CCCC(Nc2cnc(-c3ccccc3)nc2)C1. The van der Waals surface area contributed by atoms with Gasteiger partial charge in [0.2, 0.25) is 0 Å². The average molecular weight is 268 g/mol. The van der Waals surface area contributed by atoms with Gasteiger partial charge < -0.3 is 11.1 Å². The topological polar surface area (TPSA) is 63.8 Å². The molecule has 0 bridgehead atoms. The van der Waals surface area contributed by atoms with Crippen molar-refractivity contribution in [3.8, 4) is 11.4 Å². The van der Waals surface area contributed by atoms with E-state index in [4.69, 9.17) is 5.73 Å². The fraction of sp³-hybridized carbons (Fsp3) is 0.375. The molecule has 1 aromatic heterocycles. The van der Waals surface area contributed by atoms with Gasteiger partial charge in [0.15, 0.2) is 5.82 Å². The molecule has 4 heteroatoms. The van der Waals surface area contributed by atoms with Crippen LogP contribution in [0.5, 0.6) is 0 Å². The van der Waals surface area contributed by atoms with E-state index in [1.807, 2.05) is 42.7 Å². The largest absolute Gasteiger partial charge is 0.380 e. The molecule has 3 rings (SSSR count). The number of aromatic nitrogens is 2. The summed E-state index contributed by atoms with van der Waals surface area (Å²) in [4.78, 5) is 8.86. The minimum Gasteiger partial charge on any atom is -0.380 e. The first-order chi connectivity index (χ1) is 9.81. The number of nitrogens with two attached hydrogens (primary N) is 1. The molecule has 1 fully saturated rings. The van der Waals surface area contributed by atoms with Gasteiger partial charge in [0.05, 0.1) is 18.1 Å². The monoisotopic (exact) mass is 268 g/mol. The van der Waals surface area contributed by atoms with Crippen molar-refractivity contribution < 1.29 is 0 Å². The summed E-state index contributed by atoms with van der Waals surface area (Å²) < 4.78 is 0. The summed E-state index contributed by atoms with van der Waals surface area (Å²) in [6.07, 6.45) is 8.25. The Labute approximate surface area is 119 Å². The minimum absolute atomic E-state index is 0.325. The molecular formula is C16H20N4. The number of nitrogens with one attached hydrogen (secondary N) is 1. The van der Waals surface area contributed by atoms with Crippen molar-refractivity contribution in [2.75, 3.05) is 5.32 Å². The lowest BCUT2D eigenvalue weighted by Gasteiger charge is -2.27. The van der Waals surface area contributed by atoms with Crippen molar-refractivity contribution in [3.63, 3.8) is 0 Å². The molecule has 1 aliphatic rings. The van der Waals surface area contributed by atoms with E-state index in [0.717, 1.165) is 29.9 Å².